The Kier molecular flexibility index (Phi) is 7.54. The highest BCUT2D eigenvalue weighted by Gasteiger charge is 2.22. The van der Waals surface area contributed by atoms with Crippen molar-refractivity contribution < 1.29 is 14.3 Å². The Balaban J connectivity index is 4.25. The summed E-state index contributed by atoms with van der Waals surface area (Å²) in [6, 6.07) is -0.877. The molecule has 0 fully saturated rings. The summed E-state index contributed by atoms with van der Waals surface area (Å²) in [5, 5.41) is 5.59. The van der Waals surface area contributed by atoms with Gasteiger partial charge in [-0.2, -0.15) is 0 Å². The van der Waals surface area contributed by atoms with Gasteiger partial charge in [0, 0.05) is 0 Å². The van der Waals surface area contributed by atoms with Gasteiger partial charge < -0.3 is 15.4 Å². The number of hydrogen-bond donors (Lipinski definition) is 2. The molecule has 0 aromatic carbocycles. The van der Waals surface area contributed by atoms with Gasteiger partial charge in [0.1, 0.15) is 6.04 Å². The molecule has 0 unspecified atom stereocenters. The largest absolute Gasteiger partial charge is 0.464 e. The van der Waals surface area contributed by atoms with Crippen LogP contribution in [0.3, 0.4) is 0 Å². The SMILES string of the molecule is CCOC(=O)[C@H](C)NC(=O)[C@H](CC(C)C)NC. The van der Waals surface area contributed by atoms with Crippen molar-refractivity contribution in [3.05, 3.63) is 0 Å². The Morgan fingerprint density at radius 1 is 1.24 bits per heavy atom. The third kappa shape index (κ3) is 6.26. The van der Waals surface area contributed by atoms with Gasteiger partial charge in [0.05, 0.1) is 12.6 Å². The number of carbonyl (C=O) groups excluding carboxylic acids is 2. The van der Waals surface area contributed by atoms with Crippen LogP contribution in [0.1, 0.15) is 34.1 Å². The van der Waals surface area contributed by atoms with Crippen LogP contribution in [0.5, 0.6) is 0 Å². The number of nitrogens with one attached hydrogen (secondary N) is 2. The van der Waals surface area contributed by atoms with E-state index in [1.165, 1.54) is 0 Å². The van der Waals surface area contributed by atoms with E-state index >= 15 is 0 Å². The Hall–Kier alpha value is -1.10. The Bertz CT molecular complexity index is 254. The summed E-state index contributed by atoms with van der Waals surface area (Å²) in [7, 11) is 1.74. The van der Waals surface area contributed by atoms with Gasteiger partial charge in [-0.25, -0.2) is 4.79 Å². The van der Waals surface area contributed by atoms with Gasteiger partial charge in [0.25, 0.3) is 0 Å². The lowest BCUT2D eigenvalue weighted by atomic mass is 10.0. The summed E-state index contributed by atoms with van der Waals surface area (Å²) in [4.78, 5) is 23.2. The summed E-state index contributed by atoms with van der Waals surface area (Å²) in [5.74, 6) is -0.155. The minimum Gasteiger partial charge on any atom is -0.464 e. The first-order valence-corrected chi connectivity index (χ1v) is 6.06. The second-order valence-corrected chi connectivity index (χ2v) is 4.45. The molecule has 100 valence electrons. The summed E-state index contributed by atoms with van der Waals surface area (Å²) >= 11 is 0. The zero-order valence-electron chi connectivity index (χ0n) is 11.4. The molecule has 0 bridgehead atoms. The van der Waals surface area contributed by atoms with E-state index in [4.69, 9.17) is 4.74 Å². The smallest absolute Gasteiger partial charge is 0.328 e. The first-order valence-electron chi connectivity index (χ1n) is 6.06. The number of rotatable bonds is 7. The quantitative estimate of drug-likeness (QED) is 0.647. The fourth-order valence-corrected chi connectivity index (χ4v) is 1.47. The van der Waals surface area contributed by atoms with Crippen molar-refractivity contribution >= 4 is 11.9 Å². The molecular weight excluding hydrogens is 220 g/mol. The lowest BCUT2D eigenvalue weighted by Crippen LogP contribution is -2.49. The zero-order chi connectivity index (χ0) is 13.4. The number of amides is 1. The standard InChI is InChI=1S/C12H24N2O3/c1-6-17-12(16)9(4)14-11(15)10(13-5)7-8(2)3/h8-10,13H,6-7H2,1-5H3,(H,14,15)/t9-,10-/m0/s1. The number of carbonyl (C=O) groups is 2. The molecular formula is C12H24N2O3. The first kappa shape index (κ1) is 15.9. The highest BCUT2D eigenvalue weighted by atomic mass is 16.5. The van der Waals surface area contributed by atoms with E-state index in [-0.39, 0.29) is 11.9 Å². The summed E-state index contributed by atoms with van der Waals surface area (Å²) in [6.45, 7) is 7.78. The van der Waals surface area contributed by atoms with Crippen molar-refractivity contribution in [2.45, 2.75) is 46.2 Å². The van der Waals surface area contributed by atoms with Crippen molar-refractivity contribution in [1.82, 2.24) is 10.6 Å². The third-order valence-electron chi connectivity index (χ3n) is 2.37. The van der Waals surface area contributed by atoms with Crippen LogP contribution in [0.15, 0.2) is 0 Å². The van der Waals surface area contributed by atoms with E-state index in [2.05, 4.69) is 10.6 Å². The van der Waals surface area contributed by atoms with Crippen LogP contribution >= 0.6 is 0 Å². The van der Waals surface area contributed by atoms with E-state index in [1.54, 1.807) is 20.9 Å². The highest BCUT2D eigenvalue weighted by molar-refractivity contribution is 5.87. The lowest BCUT2D eigenvalue weighted by molar-refractivity contribution is -0.147. The van der Waals surface area contributed by atoms with Crippen molar-refractivity contribution in [2.24, 2.45) is 5.92 Å². The van der Waals surface area contributed by atoms with Crippen LogP contribution < -0.4 is 10.6 Å². The molecule has 0 saturated heterocycles. The molecule has 0 aromatic heterocycles. The monoisotopic (exact) mass is 244 g/mol. The topological polar surface area (TPSA) is 67.4 Å². The summed E-state index contributed by atoms with van der Waals surface area (Å²) < 4.78 is 4.82. The lowest BCUT2D eigenvalue weighted by Gasteiger charge is -2.20. The average Bonchev–Trinajstić information content (AvgIpc) is 2.25. The minimum atomic E-state index is -0.606. The third-order valence-corrected chi connectivity index (χ3v) is 2.37. The van der Waals surface area contributed by atoms with Gasteiger partial charge in [-0.05, 0) is 33.2 Å². The average molecular weight is 244 g/mol. The summed E-state index contributed by atoms with van der Waals surface area (Å²) in [6.07, 6.45) is 0.734. The Morgan fingerprint density at radius 2 is 1.82 bits per heavy atom. The van der Waals surface area contributed by atoms with E-state index in [9.17, 15) is 9.59 Å². The van der Waals surface area contributed by atoms with Gasteiger partial charge in [-0.1, -0.05) is 13.8 Å². The Morgan fingerprint density at radius 3 is 2.24 bits per heavy atom. The van der Waals surface area contributed by atoms with E-state index in [0.717, 1.165) is 6.42 Å². The predicted molar refractivity (Wildman–Crippen MR) is 66.5 cm³/mol. The molecule has 2 atom stereocenters. The maximum absolute atomic E-state index is 11.8. The predicted octanol–water partition coefficient (Wildman–Crippen LogP) is 0.688. The summed E-state index contributed by atoms with van der Waals surface area (Å²) in [5.41, 5.74) is 0. The van der Waals surface area contributed by atoms with Crippen LogP contribution in [0, 0.1) is 5.92 Å². The van der Waals surface area contributed by atoms with Gasteiger partial charge in [0.15, 0.2) is 0 Å². The molecule has 0 aliphatic heterocycles. The number of likely N-dealkylation sites (N-methyl/N-ethyl adjacent to an activating group) is 1. The van der Waals surface area contributed by atoms with Crippen molar-refractivity contribution in [3.63, 3.8) is 0 Å². The first-order chi connectivity index (χ1) is 7.92. The van der Waals surface area contributed by atoms with Gasteiger partial charge in [0.2, 0.25) is 5.91 Å². The van der Waals surface area contributed by atoms with Crippen molar-refractivity contribution in [2.75, 3.05) is 13.7 Å². The fraction of sp³-hybridized carbons (Fsp3) is 0.833. The molecule has 5 heteroatoms. The molecule has 2 N–H and O–H groups in total. The van der Waals surface area contributed by atoms with E-state index in [1.807, 2.05) is 13.8 Å². The molecule has 0 aliphatic rings. The zero-order valence-corrected chi connectivity index (χ0v) is 11.4. The van der Waals surface area contributed by atoms with Gasteiger partial charge in [-0.15, -0.1) is 0 Å². The van der Waals surface area contributed by atoms with Crippen LogP contribution in [-0.4, -0.2) is 37.6 Å². The molecule has 0 aromatic rings. The van der Waals surface area contributed by atoms with Crippen molar-refractivity contribution in [1.29, 1.82) is 0 Å². The molecule has 0 aliphatic carbocycles. The van der Waals surface area contributed by atoms with Crippen LogP contribution in [0.25, 0.3) is 0 Å². The second kappa shape index (κ2) is 8.06. The normalized spacial score (nSPS) is 14.2. The maximum atomic E-state index is 11.8. The molecule has 0 rings (SSSR count). The van der Waals surface area contributed by atoms with Crippen molar-refractivity contribution in [3.8, 4) is 0 Å². The molecule has 17 heavy (non-hydrogen) atoms. The maximum Gasteiger partial charge on any atom is 0.328 e. The molecule has 1 amide bonds. The molecule has 0 heterocycles. The Labute approximate surface area is 103 Å². The molecule has 0 saturated carbocycles. The second-order valence-electron chi connectivity index (χ2n) is 4.45. The molecule has 0 spiro atoms. The van der Waals surface area contributed by atoms with E-state index < -0.39 is 12.0 Å². The van der Waals surface area contributed by atoms with Crippen LogP contribution in [0.2, 0.25) is 0 Å². The fourth-order valence-electron chi connectivity index (χ4n) is 1.47. The van der Waals surface area contributed by atoms with Crippen LogP contribution in [0.4, 0.5) is 0 Å². The highest BCUT2D eigenvalue weighted by Crippen LogP contribution is 2.04. The number of esters is 1. The van der Waals surface area contributed by atoms with Gasteiger partial charge >= 0.3 is 5.97 Å². The van der Waals surface area contributed by atoms with Crippen LogP contribution in [-0.2, 0) is 14.3 Å². The number of ether oxygens (including phenoxy) is 1. The molecule has 0 radical (unpaired) electrons. The minimum absolute atomic E-state index is 0.165. The van der Waals surface area contributed by atoms with Gasteiger partial charge in [-0.3, -0.25) is 4.79 Å². The van der Waals surface area contributed by atoms with E-state index in [0.29, 0.717) is 12.5 Å². The molecule has 5 nitrogen and oxygen atoms in total. The number of hydrogen-bond acceptors (Lipinski definition) is 4.